The van der Waals surface area contributed by atoms with E-state index in [9.17, 15) is 9.18 Å². The summed E-state index contributed by atoms with van der Waals surface area (Å²) in [5.74, 6) is 0.894. The van der Waals surface area contributed by atoms with E-state index in [0.717, 1.165) is 54.7 Å². The number of nitrogens with zero attached hydrogens (tertiary/aromatic N) is 3. The van der Waals surface area contributed by atoms with Crippen molar-refractivity contribution in [2.45, 2.75) is 94.8 Å². The molecule has 0 unspecified atom stereocenters. The predicted octanol–water partition coefficient (Wildman–Crippen LogP) is 4.72. The molecule has 0 saturated heterocycles. The summed E-state index contributed by atoms with van der Waals surface area (Å²) in [5, 5.41) is 5.48. The van der Waals surface area contributed by atoms with Crippen LogP contribution in [0.2, 0.25) is 0 Å². The third-order valence-corrected chi connectivity index (χ3v) is 10.6. The second kappa shape index (κ2) is 8.38. The zero-order chi connectivity index (χ0) is 22.6. The Morgan fingerprint density at radius 3 is 2.73 bits per heavy atom. The van der Waals surface area contributed by atoms with Crippen molar-refractivity contribution in [2.24, 2.45) is 5.92 Å². The van der Waals surface area contributed by atoms with Gasteiger partial charge in [-0.2, -0.15) is 0 Å². The standard InChI is InChI=1S/C25H33FN4OS2/c1-16-27-11-19(32-16)10-22(31)28-18-4-2-17(3-5-18)6-8-30-9-7-21-20(12-30)29-23(33-21)24-13-25(26,14-24)15-24/h11,17-18H,2-10,12-15H2,1H3,(H,28,31). The lowest BCUT2D eigenvalue weighted by Gasteiger charge is -2.64. The predicted molar refractivity (Wildman–Crippen MR) is 130 cm³/mol. The molecule has 5 nitrogen and oxygen atoms in total. The van der Waals surface area contributed by atoms with E-state index < -0.39 is 5.67 Å². The zero-order valence-electron chi connectivity index (χ0n) is 19.4. The Hall–Kier alpha value is -1.38. The molecule has 8 heteroatoms. The molecule has 1 N–H and O–H groups in total. The Kier molecular flexibility index (Phi) is 5.61. The third kappa shape index (κ3) is 4.39. The molecule has 1 aliphatic heterocycles. The summed E-state index contributed by atoms with van der Waals surface area (Å²) >= 11 is 3.47. The highest BCUT2D eigenvalue weighted by Crippen LogP contribution is 2.70. The van der Waals surface area contributed by atoms with E-state index in [1.54, 1.807) is 11.3 Å². The SMILES string of the molecule is Cc1ncc(CC(=O)NC2CCC(CCN3CCc4sc(C56CC(F)(C5)C6)nc4C3)CC2)s1. The molecule has 178 valence electrons. The number of nitrogens with one attached hydrogen (secondary N) is 1. The number of amides is 1. The molecule has 4 aliphatic carbocycles. The number of alkyl halides is 1. The molecule has 0 radical (unpaired) electrons. The van der Waals surface area contributed by atoms with Gasteiger partial charge in [-0.15, -0.1) is 22.7 Å². The van der Waals surface area contributed by atoms with E-state index in [-0.39, 0.29) is 11.3 Å². The van der Waals surface area contributed by atoms with Crippen molar-refractivity contribution in [2.75, 3.05) is 13.1 Å². The number of thiazole rings is 2. The number of hydrogen-bond donors (Lipinski definition) is 1. The van der Waals surface area contributed by atoms with Gasteiger partial charge >= 0.3 is 0 Å². The van der Waals surface area contributed by atoms with Gasteiger partial charge in [0, 0.05) is 40.5 Å². The molecule has 2 aromatic rings. The maximum absolute atomic E-state index is 13.9. The Labute approximate surface area is 203 Å². The summed E-state index contributed by atoms with van der Waals surface area (Å²) in [4.78, 5) is 26.6. The van der Waals surface area contributed by atoms with Gasteiger partial charge < -0.3 is 5.32 Å². The highest BCUT2D eigenvalue weighted by atomic mass is 32.1. The van der Waals surface area contributed by atoms with Gasteiger partial charge in [0.15, 0.2) is 0 Å². The average Bonchev–Trinajstić information content (AvgIpc) is 3.35. The number of aryl methyl sites for hydroxylation is 1. The van der Waals surface area contributed by atoms with Gasteiger partial charge in [0.2, 0.25) is 5.91 Å². The largest absolute Gasteiger partial charge is 0.353 e. The number of hydrogen-bond acceptors (Lipinski definition) is 6. The lowest BCUT2D eigenvalue weighted by Crippen LogP contribution is -2.67. The van der Waals surface area contributed by atoms with Gasteiger partial charge in [-0.1, -0.05) is 0 Å². The van der Waals surface area contributed by atoms with E-state index >= 15 is 0 Å². The molecule has 2 bridgehead atoms. The first-order chi connectivity index (χ1) is 15.9. The monoisotopic (exact) mass is 488 g/mol. The van der Waals surface area contributed by atoms with Gasteiger partial charge in [0.25, 0.3) is 0 Å². The van der Waals surface area contributed by atoms with E-state index in [4.69, 9.17) is 4.98 Å². The summed E-state index contributed by atoms with van der Waals surface area (Å²) in [7, 11) is 0. The number of fused-ring (bicyclic) bond motifs is 1. The Morgan fingerprint density at radius 1 is 1.24 bits per heavy atom. The topological polar surface area (TPSA) is 58.1 Å². The molecule has 1 amide bonds. The molecule has 3 heterocycles. The minimum Gasteiger partial charge on any atom is -0.353 e. The van der Waals surface area contributed by atoms with Crippen LogP contribution in [0.3, 0.4) is 0 Å². The second-order valence-electron chi connectivity index (χ2n) is 11.0. The van der Waals surface area contributed by atoms with E-state index in [0.29, 0.717) is 31.7 Å². The van der Waals surface area contributed by atoms with Crippen LogP contribution >= 0.6 is 22.7 Å². The number of aromatic nitrogens is 2. The van der Waals surface area contributed by atoms with Crippen LogP contribution in [0.15, 0.2) is 6.20 Å². The van der Waals surface area contributed by atoms with Gasteiger partial charge in [0.1, 0.15) is 5.67 Å². The van der Waals surface area contributed by atoms with Crippen LogP contribution in [-0.4, -0.2) is 45.6 Å². The molecule has 0 atom stereocenters. The van der Waals surface area contributed by atoms with Crippen molar-refractivity contribution in [1.82, 2.24) is 20.2 Å². The molecule has 0 spiro atoms. The molecule has 0 aromatic carbocycles. The van der Waals surface area contributed by atoms with Crippen molar-refractivity contribution in [1.29, 1.82) is 0 Å². The fourth-order valence-electron chi connectivity index (χ4n) is 6.45. The lowest BCUT2D eigenvalue weighted by atomic mass is 9.42. The average molecular weight is 489 g/mol. The quantitative estimate of drug-likeness (QED) is 0.613. The maximum atomic E-state index is 13.9. The molecule has 4 saturated carbocycles. The maximum Gasteiger partial charge on any atom is 0.225 e. The Balaban J connectivity index is 0.927. The van der Waals surface area contributed by atoms with Crippen molar-refractivity contribution >= 4 is 28.6 Å². The fraction of sp³-hybridized carbons (Fsp3) is 0.720. The van der Waals surface area contributed by atoms with Crippen molar-refractivity contribution in [3.8, 4) is 0 Å². The summed E-state index contributed by atoms with van der Waals surface area (Å²) in [6.07, 6.45) is 11.3. The van der Waals surface area contributed by atoms with Crippen LogP contribution in [0, 0.1) is 12.8 Å². The zero-order valence-corrected chi connectivity index (χ0v) is 21.0. The van der Waals surface area contributed by atoms with Crippen LogP contribution in [-0.2, 0) is 29.6 Å². The highest BCUT2D eigenvalue weighted by molar-refractivity contribution is 7.12. The molecular weight excluding hydrogens is 455 g/mol. The lowest BCUT2D eigenvalue weighted by molar-refractivity contribution is -0.158. The van der Waals surface area contributed by atoms with Crippen LogP contribution in [0.4, 0.5) is 4.39 Å². The first-order valence-corrected chi connectivity index (χ1v) is 14.1. The van der Waals surface area contributed by atoms with Crippen LogP contribution in [0.25, 0.3) is 0 Å². The number of carbonyl (C=O) groups excluding carboxylic acids is 1. The summed E-state index contributed by atoms with van der Waals surface area (Å²) in [5.41, 5.74) is 0.525. The second-order valence-corrected chi connectivity index (χ2v) is 13.4. The third-order valence-electron chi connectivity index (χ3n) is 8.30. The minimum atomic E-state index is -0.847. The van der Waals surface area contributed by atoms with Crippen LogP contribution < -0.4 is 5.32 Å². The number of carbonyl (C=O) groups is 1. The summed E-state index contributed by atoms with van der Waals surface area (Å²) in [6, 6.07) is 0.328. The van der Waals surface area contributed by atoms with Crippen molar-refractivity contribution < 1.29 is 9.18 Å². The van der Waals surface area contributed by atoms with Crippen molar-refractivity contribution in [3.63, 3.8) is 0 Å². The van der Waals surface area contributed by atoms with Gasteiger partial charge in [-0.05, 0) is 77.2 Å². The summed E-state index contributed by atoms with van der Waals surface area (Å²) < 4.78 is 13.9. The Bertz CT molecular complexity index is 1020. The molecule has 5 aliphatic rings. The molecule has 33 heavy (non-hydrogen) atoms. The molecule has 4 fully saturated rings. The molecule has 7 rings (SSSR count). The van der Waals surface area contributed by atoms with Crippen molar-refractivity contribution in [3.05, 3.63) is 31.7 Å². The first kappa shape index (κ1) is 22.1. The molecular formula is C25H33FN4OS2. The minimum absolute atomic E-state index is 0.106. The van der Waals surface area contributed by atoms with Gasteiger partial charge in [-0.25, -0.2) is 14.4 Å². The first-order valence-electron chi connectivity index (χ1n) is 12.5. The van der Waals surface area contributed by atoms with Crippen LogP contribution in [0.5, 0.6) is 0 Å². The van der Waals surface area contributed by atoms with E-state index in [2.05, 4.69) is 15.2 Å². The Morgan fingerprint density at radius 2 is 2.03 bits per heavy atom. The van der Waals surface area contributed by atoms with Gasteiger partial charge in [0.05, 0.1) is 22.1 Å². The molecule has 2 aromatic heterocycles. The normalized spacial score (nSPS) is 33.2. The fourth-order valence-corrected chi connectivity index (χ4v) is 8.48. The number of rotatable bonds is 7. The summed E-state index contributed by atoms with van der Waals surface area (Å²) in [6.45, 7) is 5.20. The van der Waals surface area contributed by atoms with Gasteiger partial charge in [-0.3, -0.25) is 9.69 Å². The van der Waals surface area contributed by atoms with E-state index in [1.165, 1.54) is 34.8 Å². The number of halogens is 1. The highest BCUT2D eigenvalue weighted by Gasteiger charge is 2.71. The smallest absolute Gasteiger partial charge is 0.225 e. The van der Waals surface area contributed by atoms with E-state index in [1.807, 2.05) is 24.5 Å². The van der Waals surface area contributed by atoms with Crippen LogP contribution in [0.1, 0.15) is 76.8 Å².